The summed E-state index contributed by atoms with van der Waals surface area (Å²) in [6, 6.07) is -0.640. The maximum absolute atomic E-state index is 12.4. The Bertz CT molecular complexity index is 1030. The van der Waals surface area contributed by atoms with E-state index in [1.807, 2.05) is 6.08 Å². The van der Waals surface area contributed by atoms with Crippen molar-refractivity contribution in [2.75, 3.05) is 6.61 Å². The van der Waals surface area contributed by atoms with Crippen molar-refractivity contribution in [3.63, 3.8) is 0 Å². The van der Waals surface area contributed by atoms with E-state index in [9.17, 15) is 15.0 Å². The van der Waals surface area contributed by atoms with Gasteiger partial charge in [-0.2, -0.15) is 0 Å². The van der Waals surface area contributed by atoms with Crippen LogP contribution < -0.4 is 5.32 Å². The van der Waals surface area contributed by atoms with E-state index in [-0.39, 0.29) is 12.5 Å². The van der Waals surface area contributed by atoms with Crippen LogP contribution in [0, 0.1) is 0 Å². The van der Waals surface area contributed by atoms with Gasteiger partial charge in [0.1, 0.15) is 0 Å². The molecule has 0 rings (SSSR count). The third-order valence-corrected chi connectivity index (χ3v) is 10.6. The minimum atomic E-state index is -0.863. The van der Waals surface area contributed by atoms with Crippen molar-refractivity contribution < 1.29 is 15.0 Å². The Morgan fingerprint density at radius 2 is 0.789 bits per heavy atom. The number of nitrogens with one attached hydrogen (secondary N) is 1. The van der Waals surface area contributed by atoms with Crippen LogP contribution in [0.3, 0.4) is 0 Å². The fraction of sp³-hybridized carbons (Fsp3) is 0.717. The molecular weight excluding hydrogens is 699 g/mol. The van der Waals surface area contributed by atoms with Crippen LogP contribution in [0.1, 0.15) is 226 Å². The van der Waals surface area contributed by atoms with E-state index >= 15 is 0 Å². The molecule has 0 spiro atoms. The minimum absolute atomic E-state index is 0.0767. The molecular formula is C53H93NO3. The first-order chi connectivity index (χ1) is 28.2. The maximum atomic E-state index is 12.4. The second kappa shape index (κ2) is 47.9. The molecule has 0 aromatic rings. The molecule has 57 heavy (non-hydrogen) atoms. The van der Waals surface area contributed by atoms with Crippen LogP contribution in [0.15, 0.2) is 85.1 Å². The van der Waals surface area contributed by atoms with Gasteiger partial charge in [-0.25, -0.2) is 0 Å². The summed E-state index contributed by atoms with van der Waals surface area (Å²) in [6.45, 7) is 4.16. The van der Waals surface area contributed by atoms with Gasteiger partial charge in [0.25, 0.3) is 0 Å². The lowest BCUT2D eigenvalue weighted by Gasteiger charge is -2.19. The van der Waals surface area contributed by atoms with Crippen LogP contribution in [0.4, 0.5) is 0 Å². The molecule has 0 aromatic carbocycles. The van der Waals surface area contributed by atoms with Gasteiger partial charge in [0.2, 0.25) is 5.91 Å². The van der Waals surface area contributed by atoms with Crippen LogP contribution in [-0.2, 0) is 4.79 Å². The van der Waals surface area contributed by atoms with E-state index in [2.05, 4.69) is 92.1 Å². The van der Waals surface area contributed by atoms with Crippen molar-refractivity contribution >= 4 is 5.91 Å². The number of allylic oxidation sites excluding steroid dienone is 13. The normalized spacial score (nSPS) is 13.7. The van der Waals surface area contributed by atoms with E-state index in [0.29, 0.717) is 6.42 Å². The van der Waals surface area contributed by atoms with E-state index in [4.69, 9.17) is 0 Å². The zero-order valence-electron chi connectivity index (χ0n) is 37.6. The average molecular weight is 792 g/mol. The van der Waals surface area contributed by atoms with Gasteiger partial charge in [0.15, 0.2) is 0 Å². The predicted molar refractivity (Wildman–Crippen MR) is 253 cm³/mol. The van der Waals surface area contributed by atoms with Crippen molar-refractivity contribution in [2.24, 2.45) is 0 Å². The summed E-state index contributed by atoms with van der Waals surface area (Å²) in [6.07, 6.45) is 70.0. The number of aliphatic hydroxyl groups is 2. The highest BCUT2D eigenvalue weighted by atomic mass is 16.3. The third kappa shape index (κ3) is 44.5. The van der Waals surface area contributed by atoms with Gasteiger partial charge in [-0.15, -0.1) is 0 Å². The molecule has 1 amide bonds. The van der Waals surface area contributed by atoms with Crippen LogP contribution in [0.25, 0.3) is 0 Å². The number of amides is 1. The first kappa shape index (κ1) is 54.6. The second-order valence-corrected chi connectivity index (χ2v) is 16.1. The fourth-order valence-electron chi connectivity index (χ4n) is 6.93. The Morgan fingerprint density at radius 3 is 1.23 bits per heavy atom. The summed E-state index contributed by atoms with van der Waals surface area (Å²) in [5.74, 6) is -0.0767. The Morgan fingerprint density at radius 1 is 0.439 bits per heavy atom. The first-order valence-corrected chi connectivity index (χ1v) is 24.3. The lowest BCUT2D eigenvalue weighted by atomic mass is 10.0. The molecule has 4 heteroatoms. The smallest absolute Gasteiger partial charge is 0.220 e. The van der Waals surface area contributed by atoms with Crippen molar-refractivity contribution in [1.29, 1.82) is 0 Å². The first-order valence-electron chi connectivity index (χ1n) is 24.3. The molecule has 0 heterocycles. The summed E-state index contributed by atoms with van der Waals surface area (Å²) in [7, 11) is 0. The summed E-state index contributed by atoms with van der Waals surface area (Å²) in [5.41, 5.74) is 0. The Balaban J connectivity index is 3.51. The molecule has 0 bridgehead atoms. The largest absolute Gasteiger partial charge is 0.394 e. The third-order valence-electron chi connectivity index (χ3n) is 10.6. The van der Waals surface area contributed by atoms with Gasteiger partial charge in [-0.05, 0) is 77.0 Å². The molecule has 2 unspecified atom stereocenters. The monoisotopic (exact) mass is 792 g/mol. The summed E-state index contributed by atoms with van der Waals surface area (Å²) >= 11 is 0. The molecule has 0 aliphatic rings. The number of rotatable bonds is 43. The number of aliphatic hydroxyl groups excluding tert-OH is 2. The quantitative estimate of drug-likeness (QED) is 0.0425. The van der Waals surface area contributed by atoms with Gasteiger partial charge in [-0.3, -0.25) is 4.79 Å². The van der Waals surface area contributed by atoms with Crippen molar-refractivity contribution in [1.82, 2.24) is 5.32 Å². The Kier molecular flexibility index (Phi) is 45.9. The zero-order chi connectivity index (χ0) is 41.4. The van der Waals surface area contributed by atoms with Crippen LogP contribution >= 0.6 is 0 Å². The van der Waals surface area contributed by atoms with Gasteiger partial charge in [0, 0.05) is 6.42 Å². The summed E-state index contributed by atoms with van der Waals surface area (Å²) < 4.78 is 0. The molecule has 0 radical (unpaired) electrons. The molecule has 0 saturated carbocycles. The molecule has 3 N–H and O–H groups in total. The minimum Gasteiger partial charge on any atom is -0.394 e. The van der Waals surface area contributed by atoms with E-state index in [1.54, 1.807) is 6.08 Å². The van der Waals surface area contributed by atoms with Crippen LogP contribution in [0.2, 0.25) is 0 Å². The average Bonchev–Trinajstić information content (AvgIpc) is 3.22. The molecule has 0 aliphatic heterocycles. The lowest BCUT2D eigenvalue weighted by Crippen LogP contribution is -2.45. The standard InChI is InChI=1S/C53H93NO3/c1-3-5-7-9-11-13-15-17-18-19-20-21-22-23-24-25-26-27-28-29-30-31-32-33-34-35-36-37-39-41-43-45-47-49-53(57)54-51(50-55)52(56)48-46-44-42-40-38-16-14-12-10-8-6-4-2/h5,7,11,13,17-18,20-21,23-24,38,40,46,48,51-52,55-56H,3-4,6,8-10,12,14-16,19,22,25-37,39,41-45,47,49-50H2,1-2H3,(H,54,57)/b7-5-,13-11-,18-17-,21-20-,24-23-,40-38+,48-46+. The van der Waals surface area contributed by atoms with Crippen molar-refractivity contribution in [2.45, 2.75) is 238 Å². The highest BCUT2D eigenvalue weighted by molar-refractivity contribution is 5.76. The van der Waals surface area contributed by atoms with Gasteiger partial charge in [-0.1, -0.05) is 227 Å². The maximum Gasteiger partial charge on any atom is 0.220 e. The van der Waals surface area contributed by atoms with Gasteiger partial charge >= 0.3 is 0 Å². The van der Waals surface area contributed by atoms with Crippen molar-refractivity contribution in [3.05, 3.63) is 85.1 Å². The molecule has 0 fully saturated rings. The second-order valence-electron chi connectivity index (χ2n) is 16.1. The Hall–Kier alpha value is -2.43. The molecule has 0 saturated heterocycles. The SMILES string of the molecule is CC/C=C\C/C=C\C/C=C\C/C=C\C/C=C\CCCCCCCCCCCCCCCCCCCC(=O)NC(CO)C(O)/C=C/CC/C=C/CCCCCCCC. The van der Waals surface area contributed by atoms with E-state index in [1.165, 1.54) is 141 Å². The van der Waals surface area contributed by atoms with Gasteiger partial charge < -0.3 is 15.5 Å². The zero-order valence-corrected chi connectivity index (χ0v) is 37.6. The number of carbonyl (C=O) groups excluding carboxylic acids is 1. The van der Waals surface area contributed by atoms with E-state index in [0.717, 1.165) is 64.2 Å². The fourth-order valence-corrected chi connectivity index (χ4v) is 6.93. The van der Waals surface area contributed by atoms with Crippen LogP contribution in [0.5, 0.6) is 0 Å². The lowest BCUT2D eigenvalue weighted by molar-refractivity contribution is -0.123. The van der Waals surface area contributed by atoms with Gasteiger partial charge in [0.05, 0.1) is 18.8 Å². The van der Waals surface area contributed by atoms with E-state index < -0.39 is 12.1 Å². The highest BCUT2D eigenvalue weighted by Gasteiger charge is 2.17. The number of hydrogen-bond acceptors (Lipinski definition) is 3. The topological polar surface area (TPSA) is 69.6 Å². The predicted octanol–water partition coefficient (Wildman–Crippen LogP) is 15.6. The molecule has 0 aliphatic carbocycles. The van der Waals surface area contributed by atoms with Crippen molar-refractivity contribution in [3.8, 4) is 0 Å². The molecule has 0 aromatic heterocycles. The van der Waals surface area contributed by atoms with Crippen LogP contribution in [-0.4, -0.2) is 34.9 Å². The molecule has 2 atom stereocenters. The summed E-state index contributed by atoms with van der Waals surface area (Å²) in [5, 5.41) is 23.0. The number of hydrogen-bond donors (Lipinski definition) is 3. The molecule has 328 valence electrons. The number of carbonyl (C=O) groups is 1. The Labute approximate surface area is 354 Å². The summed E-state index contributed by atoms with van der Waals surface area (Å²) in [4.78, 5) is 12.4. The highest BCUT2D eigenvalue weighted by Crippen LogP contribution is 2.15. The number of unbranched alkanes of at least 4 members (excludes halogenated alkanes) is 24. The molecule has 4 nitrogen and oxygen atoms in total.